The fourth-order valence-electron chi connectivity index (χ4n) is 4.74. The van der Waals surface area contributed by atoms with Crippen molar-refractivity contribution in [1.82, 2.24) is 19.4 Å². The molecule has 0 N–H and O–H groups in total. The van der Waals surface area contributed by atoms with Crippen LogP contribution in [0, 0.1) is 0 Å². The second kappa shape index (κ2) is 6.93. The first-order valence-electron chi connectivity index (χ1n) is 9.93. The van der Waals surface area contributed by atoms with Gasteiger partial charge in [0.15, 0.2) is 6.39 Å². The van der Waals surface area contributed by atoms with Crippen molar-refractivity contribution in [2.24, 2.45) is 0 Å². The minimum atomic E-state index is 0.121. The molecule has 0 amide bonds. The molecule has 1 saturated heterocycles. The van der Waals surface area contributed by atoms with E-state index in [4.69, 9.17) is 9.40 Å². The number of hydrogen-bond donors (Lipinski definition) is 0. The number of fused-ring (bicyclic) bond motifs is 1. The Kier molecular flexibility index (Phi) is 4.28. The molecular weight excluding hydrogens is 340 g/mol. The predicted octanol–water partition coefficient (Wildman–Crippen LogP) is 3.84. The van der Waals surface area contributed by atoms with Crippen LogP contribution in [0.2, 0.25) is 0 Å². The molecule has 0 spiro atoms. The smallest absolute Gasteiger partial charge is 0.261 e. The van der Waals surface area contributed by atoms with Crippen LogP contribution in [0.25, 0.3) is 10.9 Å². The summed E-state index contributed by atoms with van der Waals surface area (Å²) in [6.45, 7) is 1.72. The van der Waals surface area contributed by atoms with E-state index in [1.165, 1.54) is 19.2 Å². The van der Waals surface area contributed by atoms with Gasteiger partial charge in [0.1, 0.15) is 12.1 Å². The Morgan fingerprint density at radius 3 is 2.78 bits per heavy atom. The first kappa shape index (κ1) is 16.7. The summed E-state index contributed by atoms with van der Waals surface area (Å²) in [4.78, 5) is 25.1. The van der Waals surface area contributed by atoms with Crippen LogP contribution >= 0.6 is 0 Å². The Hall–Kier alpha value is -2.47. The van der Waals surface area contributed by atoms with Crippen LogP contribution in [-0.2, 0) is 6.54 Å². The molecule has 1 aliphatic heterocycles. The third-order valence-corrected chi connectivity index (χ3v) is 6.04. The standard InChI is InChI=1S/C21H24N4O2/c26-21-17-8-3-4-9-18(17)23-20(25(21)16-6-1-2-7-16)19-10-5-11-24(19)12-15-13-27-14-22-15/h3-4,8-9,13-14,16,19H,1-2,5-7,10-12H2. The minimum Gasteiger partial charge on any atom is -0.451 e. The molecule has 3 aromatic rings. The molecule has 1 aromatic carbocycles. The molecule has 0 bridgehead atoms. The summed E-state index contributed by atoms with van der Waals surface area (Å²) in [5.41, 5.74) is 1.85. The molecule has 3 heterocycles. The van der Waals surface area contributed by atoms with E-state index in [0.29, 0.717) is 0 Å². The third kappa shape index (κ3) is 2.98. The molecule has 5 rings (SSSR count). The van der Waals surface area contributed by atoms with Gasteiger partial charge in [0.25, 0.3) is 5.56 Å². The Morgan fingerprint density at radius 2 is 1.96 bits per heavy atom. The van der Waals surface area contributed by atoms with Gasteiger partial charge < -0.3 is 4.42 Å². The number of aromatic nitrogens is 3. The molecular formula is C21H24N4O2. The number of hydrogen-bond acceptors (Lipinski definition) is 5. The first-order chi connectivity index (χ1) is 13.3. The van der Waals surface area contributed by atoms with Crippen molar-refractivity contribution >= 4 is 10.9 Å². The zero-order valence-corrected chi connectivity index (χ0v) is 15.4. The molecule has 2 aliphatic rings. The van der Waals surface area contributed by atoms with E-state index in [1.54, 1.807) is 6.26 Å². The summed E-state index contributed by atoms with van der Waals surface area (Å²) in [6.07, 6.45) is 9.83. The van der Waals surface area contributed by atoms with Gasteiger partial charge in [-0.25, -0.2) is 9.97 Å². The number of likely N-dealkylation sites (tertiary alicyclic amines) is 1. The van der Waals surface area contributed by atoms with Crippen LogP contribution in [0.5, 0.6) is 0 Å². The summed E-state index contributed by atoms with van der Waals surface area (Å²) in [7, 11) is 0. The summed E-state index contributed by atoms with van der Waals surface area (Å²) >= 11 is 0. The number of rotatable bonds is 4. The normalized spacial score (nSPS) is 21.4. The number of benzene rings is 1. The largest absolute Gasteiger partial charge is 0.451 e. The second-order valence-corrected chi connectivity index (χ2v) is 7.71. The van der Waals surface area contributed by atoms with Crippen molar-refractivity contribution < 1.29 is 4.42 Å². The average Bonchev–Trinajstić information content (AvgIpc) is 3.45. The van der Waals surface area contributed by atoms with E-state index in [9.17, 15) is 4.79 Å². The van der Waals surface area contributed by atoms with E-state index in [2.05, 4.69) is 9.88 Å². The van der Waals surface area contributed by atoms with Crippen molar-refractivity contribution in [2.45, 2.75) is 57.2 Å². The monoisotopic (exact) mass is 364 g/mol. The van der Waals surface area contributed by atoms with Crippen LogP contribution in [0.1, 0.15) is 62.1 Å². The maximum atomic E-state index is 13.4. The maximum absolute atomic E-state index is 13.4. The van der Waals surface area contributed by atoms with Crippen molar-refractivity contribution in [2.75, 3.05) is 6.54 Å². The van der Waals surface area contributed by atoms with Crippen LogP contribution in [0.4, 0.5) is 0 Å². The highest BCUT2D eigenvalue weighted by Crippen LogP contribution is 2.36. The van der Waals surface area contributed by atoms with Gasteiger partial charge in [-0.1, -0.05) is 25.0 Å². The lowest BCUT2D eigenvalue weighted by atomic mass is 10.1. The Labute approximate surface area is 157 Å². The summed E-state index contributed by atoms with van der Waals surface area (Å²) in [6, 6.07) is 8.17. The van der Waals surface area contributed by atoms with Gasteiger partial charge in [-0.3, -0.25) is 14.3 Å². The molecule has 1 aliphatic carbocycles. The van der Waals surface area contributed by atoms with E-state index in [0.717, 1.165) is 61.2 Å². The van der Waals surface area contributed by atoms with Crippen molar-refractivity contribution in [3.63, 3.8) is 0 Å². The highest BCUT2D eigenvalue weighted by molar-refractivity contribution is 5.77. The molecule has 27 heavy (non-hydrogen) atoms. The summed E-state index contributed by atoms with van der Waals surface area (Å²) in [5.74, 6) is 0.937. The van der Waals surface area contributed by atoms with Crippen LogP contribution in [-0.4, -0.2) is 26.0 Å². The van der Waals surface area contributed by atoms with Gasteiger partial charge >= 0.3 is 0 Å². The van der Waals surface area contributed by atoms with Crippen LogP contribution in [0.3, 0.4) is 0 Å². The lowest BCUT2D eigenvalue weighted by molar-refractivity contribution is 0.226. The summed E-state index contributed by atoms with van der Waals surface area (Å²) < 4.78 is 7.17. The molecule has 1 saturated carbocycles. The fourth-order valence-corrected chi connectivity index (χ4v) is 4.74. The number of para-hydroxylation sites is 1. The lowest BCUT2D eigenvalue weighted by Gasteiger charge is -2.28. The maximum Gasteiger partial charge on any atom is 0.261 e. The van der Waals surface area contributed by atoms with Crippen LogP contribution < -0.4 is 5.56 Å². The minimum absolute atomic E-state index is 0.121. The van der Waals surface area contributed by atoms with Crippen molar-refractivity contribution in [3.05, 3.63) is 58.8 Å². The van der Waals surface area contributed by atoms with E-state index in [1.807, 2.05) is 28.8 Å². The topological polar surface area (TPSA) is 64.2 Å². The molecule has 0 radical (unpaired) electrons. The SMILES string of the molecule is O=c1c2ccccc2nc(C2CCCN2Cc2cocn2)n1C1CCCC1. The van der Waals surface area contributed by atoms with Crippen LogP contribution in [0.15, 0.2) is 46.1 Å². The van der Waals surface area contributed by atoms with Gasteiger partial charge in [0.2, 0.25) is 0 Å². The molecule has 2 fully saturated rings. The predicted molar refractivity (Wildman–Crippen MR) is 102 cm³/mol. The first-order valence-corrected chi connectivity index (χ1v) is 9.93. The van der Waals surface area contributed by atoms with E-state index in [-0.39, 0.29) is 17.6 Å². The van der Waals surface area contributed by atoms with Crippen molar-refractivity contribution in [1.29, 1.82) is 0 Å². The third-order valence-electron chi connectivity index (χ3n) is 6.04. The zero-order chi connectivity index (χ0) is 18.2. The Balaban J connectivity index is 1.62. The van der Waals surface area contributed by atoms with Gasteiger partial charge in [-0.15, -0.1) is 0 Å². The fraction of sp³-hybridized carbons (Fsp3) is 0.476. The lowest BCUT2D eigenvalue weighted by Crippen LogP contribution is -2.33. The van der Waals surface area contributed by atoms with Crippen molar-refractivity contribution in [3.8, 4) is 0 Å². The molecule has 1 unspecified atom stereocenters. The van der Waals surface area contributed by atoms with Gasteiger partial charge in [0.05, 0.1) is 22.6 Å². The molecule has 6 heteroatoms. The van der Waals surface area contributed by atoms with E-state index < -0.39 is 0 Å². The molecule has 1 atom stereocenters. The molecule has 140 valence electrons. The number of nitrogens with zero attached hydrogens (tertiary/aromatic N) is 4. The highest BCUT2D eigenvalue weighted by atomic mass is 16.3. The second-order valence-electron chi connectivity index (χ2n) is 7.71. The molecule has 2 aromatic heterocycles. The van der Waals surface area contributed by atoms with Gasteiger partial charge in [-0.2, -0.15) is 0 Å². The Morgan fingerprint density at radius 1 is 1.11 bits per heavy atom. The molecule has 6 nitrogen and oxygen atoms in total. The number of oxazole rings is 1. The highest BCUT2D eigenvalue weighted by Gasteiger charge is 2.33. The van der Waals surface area contributed by atoms with E-state index >= 15 is 0 Å². The Bertz CT molecular complexity index is 989. The van der Waals surface area contributed by atoms with Gasteiger partial charge in [0, 0.05) is 12.6 Å². The van der Waals surface area contributed by atoms with Gasteiger partial charge in [-0.05, 0) is 44.4 Å². The zero-order valence-electron chi connectivity index (χ0n) is 15.4. The quantitative estimate of drug-likeness (QED) is 0.704. The average molecular weight is 364 g/mol. The summed E-state index contributed by atoms with van der Waals surface area (Å²) in [5, 5.41) is 0.731.